The Hall–Kier alpha value is -4.17. The van der Waals surface area contributed by atoms with Crippen molar-refractivity contribution < 1.29 is 24.7 Å². The van der Waals surface area contributed by atoms with Gasteiger partial charge in [0.05, 0.1) is 21.6 Å². The normalized spacial score (nSPS) is 17.2. The van der Waals surface area contributed by atoms with Crippen LogP contribution in [-0.2, 0) is 16.0 Å². The number of carbonyl (C=O) groups excluding carboxylic acids is 2. The number of halogens is 1. The number of Topliss-reactive ketones (excluding diaryl/α,β-unsaturated/α-hetero) is 1. The lowest BCUT2D eigenvalue weighted by molar-refractivity contribution is -0.384. The van der Waals surface area contributed by atoms with Crippen molar-refractivity contribution in [1.29, 1.82) is 0 Å². The molecule has 9 heteroatoms. The van der Waals surface area contributed by atoms with Crippen molar-refractivity contribution in [2.45, 2.75) is 19.4 Å². The first-order chi connectivity index (χ1) is 16.2. The predicted molar refractivity (Wildman–Crippen MR) is 127 cm³/mol. The Morgan fingerprint density at radius 3 is 2.41 bits per heavy atom. The van der Waals surface area contributed by atoms with E-state index in [1.807, 2.05) is 19.1 Å². The Kier molecular flexibility index (Phi) is 6.08. The first-order valence-corrected chi connectivity index (χ1v) is 10.7. The molecule has 0 bridgehead atoms. The average Bonchev–Trinajstić information content (AvgIpc) is 3.10. The topological polar surface area (TPSA) is 121 Å². The van der Waals surface area contributed by atoms with Crippen molar-refractivity contribution in [1.82, 2.24) is 0 Å². The summed E-state index contributed by atoms with van der Waals surface area (Å²) in [5.41, 5.74) is 1.31. The lowest BCUT2D eigenvalue weighted by Gasteiger charge is -2.26. The maximum Gasteiger partial charge on any atom is 0.300 e. The zero-order valence-electron chi connectivity index (χ0n) is 17.9. The number of nitro benzene ring substituents is 1. The second-order valence-corrected chi connectivity index (χ2v) is 8.11. The summed E-state index contributed by atoms with van der Waals surface area (Å²) in [5, 5.41) is 32.2. The minimum atomic E-state index is -1.08. The quantitative estimate of drug-likeness (QED) is 0.172. The summed E-state index contributed by atoms with van der Waals surface area (Å²) in [4.78, 5) is 38.1. The second kappa shape index (κ2) is 8.99. The van der Waals surface area contributed by atoms with Gasteiger partial charge >= 0.3 is 0 Å². The first kappa shape index (κ1) is 23.0. The summed E-state index contributed by atoms with van der Waals surface area (Å²) >= 11 is 6.11. The lowest BCUT2D eigenvalue weighted by Crippen LogP contribution is -2.29. The maximum atomic E-state index is 13.2. The number of ketones is 1. The van der Waals surface area contributed by atoms with Gasteiger partial charge in [-0.2, -0.15) is 0 Å². The van der Waals surface area contributed by atoms with E-state index >= 15 is 0 Å². The fraction of sp³-hybridized carbons (Fsp3) is 0.120. The number of amides is 1. The number of anilines is 1. The largest absolute Gasteiger partial charge is 0.507 e. The van der Waals surface area contributed by atoms with Crippen LogP contribution in [0.4, 0.5) is 11.4 Å². The van der Waals surface area contributed by atoms with E-state index in [-0.39, 0.29) is 27.6 Å². The van der Waals surface area contributed by atoms with E-state index in [9.17, 15) is 29.9 Å². The van der Waals surface area contributed by atoms with Crippen molar-refractivity contribution in [3.63, 3.8) is 0 Å². The minimum Gasteiger partial charge on any atom is -0.507 e. The molecule has 172 valence electrons. The summed E-state index contributed by atoms with van der Waals surface area (Å²) in [5.74, 6) is -2.56. The summed E-state index contributed by atoms with van der Waals surface area (Å²) in [6.45, 7) is 1.98. The molecule has 1 heterocycles. The van der Waals surface area contributed by atoms with Crippen molar-refractivity contribution >= 4 is 40.4 Å². The predicted octanol–water partition coefficient (Wildman–Crippen LogP) is 5.14. The van der Waals surface area contributed by atoms with Crippen LogP contribution in [0.5, 0.6) is 5.75 Å². The molecular weight excluding hydrogens is 460 g/mol. The van der Waals surface area contributed by atoms with Gasteiger partial charge in [0.25, 0.3) is 17.4 Å². The van der Waals surface area contributed by atoms with Crippen LogP contribution in [0.2, 0.25) is 5.02 Å². The summed E-state index contributed by atoms with van der Waals surface area (Å²) < 4.78 is 0. The highest BCUT2D eigenvalue weighted by atomic mass is 35.5. The van der Waals surface area contributed by atoms with E-state index in [0.29, 0.717) is 11.3 Å². The van der Waals surface area contributed by atoms with E-state index in [1.54, 1.807) is 12.1 Å². The van der Waals surface area contributed by atoms with Crippen molar-refractivity contribution in [3.05, 3.63) is 104 Å². The van der Waals surface area contributed by atoms with Gasteiger partial charge in [-0.05, 0) is 41.8 Å². The molecule has 1 atom stereocenters. The van der Waals surface area contributed by atoms with Crippen molar-refractivity contribution in [2.75, 3.05) is 4.90 Å². The van der Waals surface area contributed by atoms with Gasteiger partial charge in [-0.1, -0.05) is 48.9 Å². The molecule has 3 aromatic rings. The fourth-order valence-electron chi connectivity index (χ4n) is 3.92. The molecule has 4 rings (SSSR count). The molecule has 0 saturated carbocycles. The molecule has 1 aliphatic heterocycles. The number of benzene rings is 3. The number of aliphatic hydroxyl groups excluding tert-OH is 1. The van der Waals surface area contributed by atoms with Gasteiger partial charge in [-0.25, -0.2) is 0 Å². The molecule has 1 aliphatic rings. The van der Waals surface area contributed by atoms with Crippen LogP contribution in [-0.4, -0.2) is 26.8 Å². The molecule has 3 aromatic carbocycles. The number of phenolic OH excluding ortho intramolecular Hbond substituents is 1. The highest BCUT2D eigenvalue weighted by molar-refractivity contribution is 6.51. The molecule has 1 fully saturated rings. The highest BCUT2D eigenvalue weighted by Crippen LogP contribution is 2.43. The van der Waals surface area contributed by atoms with Gasteiger partial charge in [0, 0.05) is 23.4 Å². The molecular formula is C25H19ClN2O6. The van der Waals surface area contributed by atoms with Crippen molar-refractivity contribution in [2.24, 2.45) is 0 Å². The third kappa shape index (κ3) is 3.99. The zero-order valence-corrected chi connectivity index (χ0v) is 18.7. The van der Waals surface area contributed by atoms with Crippen molar-refractivity contribution in [3.8, 4) is 5.75 Å². The number of non-ortho nitro benzene ring substituents is 1. The Bertz CT molecular complexity index is 1350. The van der Waals surface area contributed by atoms with Crippen LogP contribution in [0.1, 0.15) is 29.7 Å². The number of phenols is 1. The van der Waals surface area contributed by atoms with E-state index < -0.39 is 28.4 Å². The molecule has 0 aromatic heterocycles. The zero-order chi connectivity index (χ0) is 24.6. The molecule has 0 spiro atoms. The first-order valence-electron chi connectivity index (χ1n) is 10.4. The Morgan fingerprint density at radius 1 is 1.09 bits per heavy atom. The third-order valence-electron chi connectivity index (χ3n) is 5.69. The van der Waals surface area contributed by atoms with Crippen LogP contribution in [0.3, 0.4) is 0 Å². The molecule has 1 unspecified atom stereocenters. The number of nitro groups is 1. The van der Waals surface area contributed by atoms with Gasteiger partial charge in [-0.3, -0.25) is 24.6 Å². The Morgan fingerprint density at radius 2 is 1.79 bits per heavy atom. The van der Waals surface area contributed by atoms with E-state index in [1.165, 1.54) is 41.3 Å². The van der Waals surface area contributed by atoms with E-state index in [0.717, 1.165) is 18.1 Å². The summed E-state index contributed by atoms with van der Waals surface area (Å²) in [7, 11) is 0. The number of aliphatic hydroxyl groups is 1. The van der Waals surface area contributed by atoms with Gasteiger partial charge < -0.3 is 10.2 Å². The summed E-state index contributed by atoms with van der Waals surface area (Å²) in [6.07, 6.45) is 0.781. The lowest BCUT2D eigenvalue weighted by atomic mass is 9.95. The van der Waals surface area contributed by atoms with Crippen LogP contribution in [0.25, 0.3) is 5.76 Å². The van der Waals surface area contributed by atoms with Crippen LogP contribution >= 0.6 is 11.6 Å². The SMILES string of the molecule is CCc1ccc(N2C(=O)C(=O)/C(=C(\O)c3cccc([N+](=O)[O-])c3)C2c2ccc(O)c(Cl)c2)cc1. The number of aromatic hydroxyl groups is 1. The molecule has 2 N–H and O–H groups in total. The summed E-state index contributed by atoms with van der Waals surface area (Å²) in [6, 6.07) is 15.4. The second-order valence-electron chi connectivity index (χ2n) is 7.71. The minimum absolute atomic E-state index is 0.000215. The van der Waals surface area contributed by atoms with E-state index in [4.69, 9.17) is 11.6 Å². The molecule has 34 heavy (non-hydrogen) atoms. The number of carbonyl (C=O) groups is 2. The molecule has 0 radical (unpaired) electrons. The van der Waals surface area contributed by atoms with Crippen LogP contribution in [0.15, 0.2) is 72.3 Å². The monoisotopic (exact) mass is 478 g/mol. The number of hydrogen-bond donors (Lipinski definition) is 2. The third-order valence-corrected chi connectivity index (χ3v) is 5.99. The van der Waals surface area contributed by atoms with Gasteiger partial charge in [0.15, 0.2) is 0 Å². The van der Waals surface area contributed by atoms with Gasteiger partial charge in [0.2, 0.25) is 0 Å². The number of aryl methyl sites for hydroxylation is 1. The number of hydrogen-bond acceptors (Lipinski definition) is 6. The average molecular weight is 479 g/mol. The Balaban J connectivity index is 1.95. The van der Waals surface area contributed by atoms with E-state index in [2.05, 4.69) is 0 Å². The Labute approximate surface area is 199 Å². The molecule has 0 aliphatic carbocycles. The fourth-order valence-corrected chi connectivity index (χ4v) is 4.11. The van der Waals surface area contributed by atoms with Gasteiger partial charge in [0.1, 0.15) is 11.5 Å². The van der Waals surface area contributed by atoms with Gasteiger partial charge in [-0.15, -0.1) is 0 Å². The number of rotatable bonds is 5. The highest BCUT2D eigenvalue weighted by Gasteiger charge is 2.47. The number of nitrogens with zero attached hydrogens (tertiary/aromatic N) is 2. The molecule has 1 amide bonds. The van der Waals surface area contributed by atoms with Crippen LogP contribution in [0, 0.1) is 10.1 Å². The standard InChI is InChI=1S/C25H19ClN2O6/c1-2-14-6-9-17(10-7-14)27-22(15-8-11-20(29)19(26)13-15)21(24(31)25(27)32)23(30)16-4-3-5-18(12-16)28(33)34/h3-13,22,29-30H,2H2,1H3/b23-21-. The smallest absolute Gasteiger partial charge is 0.300 e. The maximum absolute atomic E-state index is 13.2. The van der Waals surface area contributed by atoms with Crippen LogP contribution < -0.4 is 4.90 Å². The molecule has 1 saturated heterocycles. The molecule has 8 nitrogen and oxygen atoms in total.